The van der Waals surface area contributed by atoms with Crippen LogP contribution in [0.3, 0.4) is 0 Å². The molecule has 2 aromatic carbocycles. The number of aryl methyl sites for hydroxylation is 1. The standard InChI is InChI=1S/C23H18ClN7S/c1-16-20(13-26-28-23-27-21(14-32-23)17-7-9-18(24)10-8-17)22(30-12-11-25-15-30)31(29-16)19-5-3-2-4-6-19/h2-15H,1H3,(H,27,28)/b26-13+. The molecule has 0 bridgehead atoms. The highest BCUT2D eigenvalue weighted by Gasteiger charge is 2.17. The molecule has 0 amide bonds. The Morgan fingerprint density at radius 3 is 2.66 bits per heavy atom. The van der Waals surface area contributed by atoms with Crippen molar-refractivity contribution in [2.24, 2.45) is 5.10 Å². The fourth-order valence-corrected chi connectivity index (χ4v) is 4.09. The number of benzene rings is 2. The summed E-state index contributed by atoms with van der Waals surface area (Å²) >= 11 is 7.46. The fourth-order valence-electron chi connectivity index (χ4n) is 3.29. The van der Waals surface area contributed by atoms with E-state index in [0.29, 0.717) is 10.2 Å². The smallest absolute Gasteiger partial charge is 0.203 e. The Balaban J connectivity index is 1.43. The van der Waals surface area contributed by atoms with E-state index in [1.165, 1.54) is 11.3 Å². The van der Waals surface area contributed by atoms with Crippen LogP contribution in [0.4, 0.5) is 5.13 Å². The topological polar surface area (TPSA) is 72.9 Å². The van der Waals surface area contributed by atoms with Crippen LogP contribution in [-0.4, -0.2) is 30.5 Å². The zero-order chi connectivity index (χ0) is 21.9. The Bertz CT molecular complexity index is 1350. The lowest BCUT2D eigenvalue weighted by Gasteiger charge is -2.08. The molecule has 5 rings (SSSR count). The van der Waals surface area contributed by atoms with Crippen LogP contribution < -0.4 is 5.43 Å². The average Bonchev–Trinajstić information content (AvgIpc) is 3.56. The monoisotopic (exact) mass is 459 g/mol. The van der Waals surface area contributed by atoms with Crippen molar-refractivity contribution in [3.63, 3.8) is 0 Å². The maximum absolute atomic E-state index is 5.97. The van der Waals surface area contributed by atoms with Gasteiger partial charge in [-0.05, 0) is 31.2 Å². The predicted molar refractivity (Wildman–Crippen MR) is 129 cm³/mol. The fraction of sp³-hybridized carbons (Fsp3) is 0.0435. The summed E-state index contributed by atoms with van der Waals surface area (Å²) in [5, 5.41) is 12.6. The van der Waals surface area contributed by atoms with Crippen LogP contribution in [0.25, 0.3) is 22.8 Å². The van der Waals surface area contributed by atoms with Gasteiger partial charge in [-0.25, -0.2) is 14.6 Å². The molecule has 0 saturated carbocycles. The minimum absolute atomic E-state index is 0.698. The van der Waals surface area contributed by atoms with Gasteiger partial charge < -0.3 is 0 Å². The first-order chi connectivity index (χ1) is 15.7. The van der Waals surface area contributed by atoms with Crippen LogP contribution in [0, 0.1) is 6.92 Å². The maximum atomic E-state index is 5.97. The predicted octanol–water partition coefficient (Wildman–Crippen LogP) is 5.59. The molecule has 0 atom stereocenters. The van der Waals surface area contributed by atoms with Gasteiger partial charge in [-0.2, -0.15) is 10.2 Å². The van der Waals surface area contributed by atoms with Gasteiger partial charge in [0.05, 0.1) is 28.9 Å². The van der Waals surface area contributed by atoms with Gasteiger partial charge >= 0.3 is 0 Å². The zero-order valence-corrected chi connectivity index (χ0v) is 18.6. The quantitative estimate of drug-likeness (QED) is 0.265. The summed E-state index contributed by atoms with van der Waals surface area (Å²) in [6, 6.07) is 17.6. The van der Waals surface area contributed by atoms with Gasteiger partial charge in [-0.3, -0.25) is 9.99 Å². The lowest BCUT2D eigenvalue weighted by Crippen LogP contribution is -2.06. The molecular formula is C23H18ClN7S. The van der Waals surface area contributed by atoms with Crippen molar-refractivity contribution in [3.8, 4) is 22.8 Å². The van der Waals surface area contributed by atoms with Crippen molar-refractivity contribution in [1.29, 1.82) is 0 Å². The van der Waals surface area contributed by atoms with Crippen molar-refractivity contribution in [2.45, 2.75) is 6.92 Å². The van der Waals surface area contributed by atoms with Gasteiger partial charge in [0.1, 0.15) is 6.33 Å². The summed E-state index contributed by atoms with van der Waals surface area (Å²) in [5.74, 6) is 0.859. The summed E-state index contributed by atoms with van der Waals surface area (Å²) in [7, 11) is 0. The number of aromatic nitrogens is 5. The maximum Gasteiger partial charge on any atom is 0.203 e. The van der Waals surface area contributed by atoms with Crippen molar-refractivity contribution in [1.82, 2.24) is 24.3 Å². The Morgan fingerprint density at radius 2 is 1.91 bits per heavy atom. The van der Waals surface area contributed by atoms with E-state index in [4.69, 9.17) is 16.7 Å². The second-order valence-electron chi connectivity index (χ2n) is 6.95. The lowest BCUT2D eigenvalue weighted by molar-refractivity contribution is 0.811. The second-order valence-corrected chi connectivity index (χ2v) is 8.25. The van der Waals surface area contributed by atoms with E-state index in [2.05, 4.69) is 20.5 Å². The molecule has 0 aliphatic rings. The number of para-hydroxylation sites is 1. The van der Waals surface area contributed by atoms with Gasteiger partial charge in [0.15, 0.2) is 5.82 Å². The molecule has 0 aliphatic carbocycles. The normalized spacial score (nSPS) is 11.3. The van der Waals surface area contributed by atoms with Crippen molar-refractivity contribution in [3.05, 3.63) is 95.0 Å². The first kappa shape index (κ1) is 20.2. The van der Waals surface area contributed by atoms with E-state index in [-0.39, 0.29) is 0 Å². The van der Waals surface area contributed by atoms with Gasteiger partial charge in [0, 0.05) is 28.4 Å². The number of nitrogens with zero attached hydrogens (tertiary/aromatic N) is 6. The number of halogens is 1. The van der Waals surface area contributed by atoms with Crippen LogP contribution in [0.15, 0.2) is 83.8 Å². The number of hydrogen-bond acceptors (Lipinski definition) is 6. The number of nitrogens with one attached hydrogen (secondary N) is 1. The number of thiazole rings is 1. The molecule has 1 N–H and O–H groups in total. The third-order valence-corrected chi connectivity index (χ3v) is 5.83. The van der Waals surface area contributed by atoms with E-state index in [9.17, 15) is 0 Å². The SMILES string of the molecule is Cc1nn(-c2ccccc2)c(-n2ccnc2)c1/C=N/Nc1nc(-c2ccc(Cl)cc2)cs1. The molecule has 0 aliphatic heterocycles. The average molecular weight is 460 g/mol. The Morgan fingerprint density at radius 1 is 1.09 bits per heavy atom. The van der Waals surface area contributed by atoms with Crippen LogP contribution in [0.1, 0.15) is 11.3 Å². The summed E-state index contributed by atoms with van der Waals surface area (Å²) in [5.41, 5.74) is 7.60. The highest BCUT2D eigenvalue weighted by molar-refractivity contribution is 7.14. The highest BCUT2D eigenvalue weighted by Crippen LogP contribution is 2.26. The minimum atomic E-state index is 0.698. The van der Waals surface area contributed by atoms with Crippen LogP contribution >= 0.6 is 22.9 Å². The largest absolute Gasteiger partial charge is 0.290 e. The van der Waals surface area contributed by atoms with Gasteiger partial charge in [0.2, 0.25) is 5.13 Å². The lowest BCUT2D eigenvalue weighted by atomic mass is 10.2. The van der Waals surface area contributed by atoms with E-state index < -0.39 is 0 Å². The molecule has 158 valence electrons. The highest BCUT2D eigenvalue weighted by atomic mass is 35.5. The number of imidazole rings is 1. The third-order valence-electron chi connectivity index (χ3n) is 4.83. The third kappa shape index (κ3) is 4.05. The number of rotatable bonds is 6. The van der Waals surface area contributed by atoms with Crippen molar-refractivity contribution < 1.29 is 0 Å². The minimum Gasteiger partial charge on any atom is -0.290 e. The van der Waals surface area contributed by atoms with Gasteiger partial charge in [-0.15, -0.1) is 11.3 Å². The summed E-state index contributed by atoms with van der Waals surface area (Å²) < 4.78 is 3.82. The van der Waals surface area contributed by atoms with E-state index in [1.54, 1.807) is 18.7 Å². The molecule has 0 radical (unpaired) electrons. The van der Waals surface area contributed by atoms with E-state index in [1.807, 2.05) is 82.3 Å². The summed E-state index contributed by atoms with van der Waals surface area (Å²) in [4.78, 5) is 8.80. The molecule has 3 aromatic heterocycles. The molecule has 32 heavy (non-hydrogen) atoms. The summed E-state index contributed by atoms with van der Waals surface area (Å²) in [6.45, 7) is 1.96. The summed E-state index contributed by atoms with van der Waals surface area (Å²) in [6.07, 6.45) is 7.14. The molecule has 9 heteroatoms. The van der Waals surface area contributed by atoms with Crippen molar-refractivity contribution in [2.75, 3.05) is 5.43 Å². The second kappa shape index (κ2) is 8.78. The van der Waals surface area contributed by atoms with E-state index >= 15 is 0 Å². The Labute approximate surface area is 193 Å². The Kier molecular flexibility index (Phi) is 5.53. The number of anilines is 1. The zero-order valence-electron chi connectivity index (χ0n) is 17.1. The molecule has 0 unspecified atom stereocenters. The molecule has 0 fully saturated rings. The number of hydrazone groups is 1. The van der Waals surface area contributed by atoms with Gasteiger partial charge in [0.25, 0.3) is 0 Å². The van der Waals surface area contributed by atoms with Crippen LogP contribution in [0.5, 0.6) is 0 Å². The number of hydrogen-bond donors (Lipinski definition) is 1. The molecule has 3 heterocycles. The molecule has 7 nitrogen and oxygen atoms in total. The molecule has 0 spiro atoms. The first-order valence-electron chi connectivity index (χ1n) is 9.83. The van der Waals surface area contributed by atoms with Crippen LogP contribution in [0.2, 0.25) is 5.02 Å². The van der Waals surface area contributed by atoms with Crippen LogP contribution in [-0.2, 0) is 0 Å². The Hall–Kier alpha value is -3.75. The van der Waals surface area contributed by atoms with Gasteiger partial charge in [-0.1, -0.05) is 41.9 Å². The first-order valence-corrected chi connectivity index (χ1v) is 11.1. The van der Waals surface area contributed by atoms with E-state index in [0.717, 1.165) is 34.0 Å². The molecule has 5 aromatic rings. The van der Waals surface area contributed by atoms with Crippen molar-refractivity contribution >= 4 is 34.3 Å². The molecule has 0 saturated heterocycles. The molecular weight excluding hydrogens is 442 g/mol.